The number of carbonyl (C=O) groups is 4. The average Bonchev–Trinajstić information content (AvgIpc) is 3.95. The van der Waals surface area contributed by atoms with Gasteiger partial charge in [-0.3, -0.25) is 24.0 Å². The Hall–Kier alpha value is -6.38. The predicted octanol–water partition coefficient (Wildman–Crippen LogP) is 3.35. The Labute approximate surface area is 342 Å². The first-order chi connectivity index (χ1) is 28.4. The maximum atomic E-state index is 14.1. The summed E-state index contributed by atoms with van der Waals surface area (Å²) in [5, 5.41) is 17.1. The van der Waals surface area contributed by atoms with E-state index in [0.29, 0.717) is 53.5 Å². The van der Waals surface area contributed by atoms with Gasteiger partial charge < -0.3 is 30.6 Å². The van der Waals surface area contributed by atoms with E-state index in [-0.39, 0.29) is 48.6 Å². The number of aryl methyl sites for hydroxylation is 1. The molecule has 15 nitrogen and oxygen atoms in total. The third-order valence-corrected chi connectivity index (χ3v) is 10.6. The molecule has 308 valence electrons. The van der Waals surface area contributed by atoms with Crippen molar-refractivity contribution in [3.8, 4) is 5.75 Å². The molecule has 0 unspecified atom stereocenters. The van der Waals surface area contributed by atoms with Crippen LogP contribution in [0.1, 0.15) is 79.2 Å². The van der Waals surface area contributed by atoms with Crippen LogP contribution in [0.5, 0.6) is 5.75 Å². The average molecular weight is 802 g/mol. The standard InChI is InChI=1S/C44H51N9O6/c1-26(2)18-32-24-59-33-15-12-29(13-16-33)20-37(49-42(56)31-14-17-34-35(22-31)45-25-52(4)44(34)58)43(57)46-27(3)41(55)48-36(19-28-8-6-5-7-9-28)40-50-38(21-30-10-11-30)51-53(40)23-39(54)47-32/h5-9,12-17,22,25-27,30,32,36-37H,10-11,18-21,23-24H2,1-4H3,(H,46,57)(H,47,54)(H,48,55)(H,49,56)/t27-,32+,36-,37+/m1/s1. The van der Waals surface area contributed by atoms with Crippen LogP contribution in [-0.2, 0) is 47.2 Å². The summed E-state index contributed by atoms with van der Waals surface area (Å²) in [7, 11) is 1.60. The van der Waals surface area contributed by atoms with E-state index in [2.05, 4.69) is 40.1 Å². The van der Waals surface area contributed by atoms with E-state index in [1.54, 1.807) is 30.8 Å². The summed E-state index contributed by atoms with van der Waals surface area (Å²) in [5.74, 6) is 0.499. The van der Waals surface area contributed by atoms with Gasteiger partial charge in [0.15, 0.2) is 11.6 Å². The highest BCUT2D eigenvalue weighted by Gasteiger charge is 2.31. The lowest BCUT2D eigenvalue weighted by molar-refractivity contribution is -0.130. The second kappa shape index (κ2) is 18.0. The third kappa shape index (κ3) is 10.6. The van der Waals surface area contributed by atoms with Gasteiger partial charge in [-0.2, -0.15) is 5.10 Å². The number of rotatable bonds is 8. The maximum Gasteiger partial charge on any atom is 0.260 e. The number of hydrogen-bond donors (Lipinski definition) is 4. The highest BCUT2D eigenvalue weighted by molar-refractivity contribution is 6.00. The van der Waals surface area contributed by atoms with E-state index in [9.17, 15) is 24.0 Å². The fourth-order valence-corrected chi connectivity index (χ4v) is 7.28. The zero-order valence-electron chi connectivity index (χ0n) is 33.8. The zero-order valence-corrected chi connectivity index (χ0v) is 33.8. The van der Waals surface area contributed by atoms with Crippen molar-refractivity contribution in [2.75, 3.05) is 6.61 Å². The molecule has 5 aromatic rings. The summed E-state index contributed by atoms with van der Waals surface area (Å²) in [5.41, 5.74) is 1.96. The van der Waals surface area contributed by atoms with E-state index >= 15 is 0 Å². The number of carbonyl (C=O) groups excluding carboxylic acids is 4. The minimum absolute atomic E-state index is 0.0914. The van der Waals surface area contributed by atoms with Crippen molar-refractivity contribution in [2.45, 2.75) is 90.0 Å². The number of benzene rings is 3. The molecule has 1 saturated carbocycles. The van der Waals surface area contributed by atoms with Crippen molar-refractivity contribution in [3.05, 3.63) is 118 Å². The summed E-state index contributed by atoms with van der Waals surface area (Å²) in [6.45, 7) is 5.85. The highest BCUT2D eigenvalue weighted by atomic mass is 16.5. The van der Waals surface area contributed by atoms with Crippen molar-refractivity contribution in [2.24, 2.45) is 18.9 Å². The Kier molecular flexibility index (Phi) is 12.5. The molecule has 8 rings (SSSR count). The van der Waals surface area contributed by atoms with Crippen molar-refractivity contribution < 1.29 is 23.9 Å². The number of ether oxygens (including phenoxy) is 1. The van der Waals surface area contributed by atoms with Crippen LogP contribution in [0, 0.1) is 11.8 Å². The smallest absolute Gasteiger partial charge is 0.260 e. The van der Waals surface area contributed by atoms with Gasteiger partial charge in [0.1, 0.15) is 31.0 Å². The second-order valence-electron chi connectivity index (χ2n) is 16.1. The van der Waals surface area contributed by atoms with Crippen LogP contribution in [0.2, 0.25) is 0 Å². The molecule has 2 aliphatic heterocycles. The molecular formula is C44H51N9O6. The van der Waals surface area contributed by atoms with E-state index in [4.69, 9.17) is 14.8 Å². The van der Waals surface area contributed by atoms with E-state index in [1.165, 1.54) is 29.1 Å². The first-order valence-electron chi connectivity index (χ1n) is 20.2. The summed E-state index contributed by atoms with van der Waals surface area (Å²) in [6.07, 6.45) is 5.35. The van der Waals surface area contributed by atoms with Gasteiger partial charge in [-0.15, -0.1) is 0 Å². The lowest BCUT2D eigenvalue weighted by Gasteiger charge is -2.25. The van der Waals surface area contributed by atoms with Crippen molar-refractivity contribution in [3.63, 3.8) is 0 Å². The fourth-order valence-electron chi connectivity index (χ4n) is 7.28. The van der Waals surface area contributed by atoms with E-state index in [1.807, 2.05) is 42.5 Å². The van der Waals surface area contributed by atoms with Gasteiger partial charge in [-0.05, 0) is 85.9 Å². The van der Waals surface area contributed by atoms with Gasteiger partial charge in [-0.25, -0.2) is 14.6 Å². The minimum atomic E-state index is -1.10. The molecule has 3 aliphatic rings. The Bertz CT molecular complexity index is 2370. The molecule has 15 heteroatoms. The Balaban J connectivity index is 1.21. The molecule has 4 heterocycles. The van der Waals surface area contributed by atoms with Crippen molar-refractivity contribution in [1.82, 2.24) is 45.6 Å². The van der Waals surface area contributed by atoms with Gasteiger partial charge in [0.2, 0.25) is 17.7 Å². The molecule has 0 saturated heterocycles. The molecule has 1 aliphatic carbocycles. The summed E-state index contributed by atoms with van der Waals surface area (Å²) in [6, 6.07) is 18.2. The van der Waals surface area contributed by atoms with Crippen molar-refractivity contribution in [1.29, 1.82) is 0 Å². The number of amides is 4. The molecular weight excluding hydrogens is 751 g/mol. The second-order valence-corrected chi connectivity index (χ2v) is 16.1. The van der Waals surface area contributed by atoms with E-state index in [0.717, 1.165) is 24.0 Å². The lowest BCUT2D eigenvalue weighted by Crippen LogP contribution is -2.54. The number of fused-ring (bicyclic) bond motifs is 15. The van der Waals surface area contributed by atoms with Gasteiger partial charge >= 0.3 is 0 Å². The predicted molar refractivity (Wildman–Crippen MR) is 220 cm³/mol. The normalized spacial score (nSPS) is 20.6. The van der Waals surface area contributed by atoms with Gasteiger partial charge in [-0.1, -0.05) is 56.3 Å². The molecule has 4 N–H and O–H groups in total. The van der Waals surface area contributed by atoms with Crippen LogP contribution >= 0.6 is 0 Å². The fraction of sp³-hybridized carbons (Fsp3) is 0.409. The van der Waals surface area contributed by atoms with Crippen LogP contribution < -0.4 is 31.6 Å². The molecule has 4 amide bonds. The van der Waals surface area contributed by atoms with Crippen LogP contribution in [0.15, 0.2) is 83.9 Å². The SMILES string of the molecule is CC(C)C[C@H]1COc2ccc(cc2)C[C@H](NC(=O)c2ccc3c(=O)n(C)cnc3c2)C(=O)N[C@H](C)C(=O)N[C@H](Cc2ccccc2)c2nc(CC3CC3)nn2CC(=O)N1. The Morgan fingerprint density at radius 2 is 1.69 bits per heavy atom. The molecule has 59 heavy (non-hydrogen) atoms. The number of hydrogen-bond acceptors (Lipinski definition) is 9. The number of nitrogens with one attached hydrogen (secondary N) is 4. The molecule has 1 fully saturated rings. The van der Waals surface area contributed by atoms with Crippen LogP contribution in [0.3, 0.4) is 0 Å². The largest absolute Gasteiger partial charge is 0.491 e. The molecule has 2 aromatic heterocycles. The Morgan fingerprint density at radius 3 is 2.42 bits per heavy atom. The van der Waals surface area contributed by atoms with Gasteiger partial charge in [0, 0.05) is 25.5 Å². The third-order valence-electron chi connectivity index (χ3n) is 10.6. The summed E-state index contributed by atoms with van der Waals surface area (Å²) in [4.78, 5) is 77.5. The maximum absolute atomic E-state index is 14.1. The topological polar surface area (TPSA) is 191 Å². The first-order valence-corrected chi connectivity index (χ1v) is 20.2. The van der Waals surface area contributed by atoms with Crippen LogP contribution in [-0.4, -0.2) is 72.7 Å². The lowest BCUT2D eigenvalue weighted by atomic mass is 10.0. The van der Waals surface area contributed by atoms with Crippen LogP contribution in [0.4, 0.5) is 0 Å². The number of nitrogens with zero attached hydrogens (tertiary/aromatic N) is 5. The number of aromatic nitrogens is 5. The first kappa shape index (κ1) is 40.8. The molecule has 4 atom stereocenters. The summed E-state index contributed by atoms with van der Waals surface area (Å²) >= 11 is 0. The highest BCUT2D eigenvalue weighted by Crippen LogP contribution is 2.32. The van der Waals surface area contributed by atoms with Gasteiger partial charge in [0.25, 0.3) is 11.5 Å². The molecule has 0 radical (unpaired) electrons. The molecule has 2 bridgehead atoms. The Morgan fingerprint density at radius 1 is 0.932 bits per heavy atom. The molecule has 3 aromatic carbocycles. The summed E-state index contributed by atoms with van der Waals surface area (Å²) < 4.78 is 9.12. The van der Waals surface area contributed by atoms with E-state index < -0.39 is 35.8 Å². The monoisotopic (exact) mass is 801 g/mol. The minimum Gasteiger partial charge on any atom is -0.491 e. The van der Waals surface area contributed by atoms with Gasteiger partial charge in [0.05, 0.1) is 29.3 Å². The zero-order chi connectivity index (χ0) is 41.6. The van der Waals surface area contributed by atoms with Crippen molar-refractivity contribution >= 4 is 34.5 Å². The quantitative estimate of drug-likeness (QED) is 0.182. The molecule has 0 spiro atoms. The van der Waals surface area contributed by atoms with Crippen LogP contribution in [0.25, 0.3) is 10.9 Å².